The molecule has 4 rings (SSSR count). The average Bonchev–Trinajstić information content (AvgIpc) is 3.45. The van der Waals surface area contributed by atoms with Crippen molar-refractivity contribution in [2.45, 2.75) is 12.6 Å². The highest BCUT2D eigenvalue weighted by Crippen LogP contribution is 2.41. The summed E-state index contributed by atoms with van der Waals surface area (Å²) in [4.78, 5) is 37.9. The molecule has 1 N–H and O–H groups in total. The highest BCUT2D eigenvalue weighted by molar-refractivity contribution is 6.46. The number of rotatable bonds is 7. The number of likely N-dealkylation sites (tertiary alicyclic amines) is 1. The lowest BCUT2D eigenvalue weighted by Crippen LogP contribution is -2.29. The summed E-state index contributed by atoms with van der Waals surface area (Å²) < 4.78 is 15.8. The summed E-state index contributed by atoms with van der Waals surface area (Å²) in [5.74, 6) is -0.957. The van der Waals surface area contributed by atoms with Crippen LogP contribution in [0.4, 0.5) is 5.69 Å². The van der Waals surface area contributed by atoms with E-state index in [0.29, 0.717) is 22.8 Å². The van der Waals surface area contributed by atoms with Crippen LogP contribution in [0.1, 0.15) is 22.9 Å². The fourth-order valence-electron chi connectivity index (χ4n) is 3.88. The van der Waals surface area contributed by atoms with Gasteiger partial charge in [-0.3, -0.25) is 19.7 Å². The Kier molecular flexibility index (Phi) is 6.05. The number of carbonyl (C=O) groups excluding carboxylic acids is 2. The van der Waals surface area contributed by atoms with Gasteiger partial charge < -0.3 is 23.9 Å². The molecule has 174 valence electrons. The summed E-state index contributed by atoms with van der Waals surface area (Å²) in [6.45, 7) is -0.0397. The molecule has 1 aromatic heterocycles. The Bertz CT molecular complexity index is 1280. The summed E-state index contributed by atoms with van der Waals surface area (Å²) in [6, 6.07) is 12.3. The predicted octanol–water partition coefficient (Wildman–Crippen LogP) is 3.83. The van der Waals surface area contributed by atoms with E-state index in [-0.39, 0.29) is 23.4 Å². The maximum Gasteiger partial charge on any atom is 0.296 e. The number of non-ortho nitro benzene ring substituents is 1. The minimum absolute atomic E-state index is 0.0397. The van der Waals surface area contributed by atoms with E-state index in [4.69, 9.17) is 13.9 Å². The Hall–Kier alpha value is -4.60. The van der Waals surface area contributed by atoms with Gasteiger partial charge >= 0.3 is 0 Å². The van der Waals surface area contributed by atoms with Crippen molar-refractivity contribution < 1.29 is 33.5 Å². The van der Waals surface area contributed by atoms with Crippen LogP contribution in [0.5, 0.6) is 11.5 Å². The van der Waals surface area contributed by atoms with Crippen molar-refractivity contribution in [2.24, 2.45) is 0 Å². The van der Waals surface area contributed by atoms with Gasteiger partial charge in [0.15, 0.2) is 11.5 Å². The molecule has 10 nitrogen and oxygen atoms in total. The Labute approximate surface area is 193 Å². The second-order valence-electron chi connectivity index (χ2n) is 7.42. The molecule has 0 spiro atoms. The topological polar surface area (TPSA) is 132 Å². The number of aliphatic hydroxyl groups excluding tert-OH is 1. The second-order valence-corrected chi connectivity index (χ2v) is 7.42. The van der Waals surface area contributed by atoms with Crippen LogP contribution in [0, 0.1) is 10.1 Å². The predicted molar refractivity (Wildman–Crippen MR) is 119 cm³/mol. The maximum atomic E-state index is 13.1. The molecule has 0 unspecified atom stereocenters. The quantitative estimate of drug-likeness (QED) is 0.183. The lowest BCUT2D eigenvalue weighted by atomic mass is 9.95. The van der Waals surface area contributed by atoms with Crippen LogP contribution in [0.2, 0.25) is 0 Å². The van der Waals surface area contributed by atoms with E-state index in [2.05, 4.69) is 0 Å². The molecule has 3 aromatic rings. The summed E-state index contributed by atoms with van der Waals surface area (Å²) >= 11 is 0. The van der Waals surface area contributed by atoms with E-state index in [1.165, 1.54) is 61.8 Å². The van der Waals surface area contributed by atoms with E-state index in [9.17, 15) is 24.8 Å². The number of amides is 1. The first kappa shape index (κ1) is 22.6. The third kappa shape index (κ3) is 3.96. The SMILES string of the molecule is COc1ccc(C(O)=C2C(=O)C(=O)N(Cc3ccco3)[C@H]2c2ccc([N+](=O)[O-])cc2)cc1OC. The van der Waals surface area contributed by atoms with Crippen LogP contribution >= 0.6 is 0 Å². The molecular weight excluding hydrogens is 444 g/mol. The third-order valence-electron chi connectivity index (χ3n) is 5.52. The van der Waals surface area contributed by atoms with Gasteiger partial charge in [0, 0.05) is 17.7 Å². The van der Waals surface area contributed by atoms with Gasteiger partial charge in [0.2, 0.25) is 0 Å². The van der Waals surface area contributed by atoms with Crippen molar-refractivity contribution in [3.05, 3.63) is 93.4 Å². The molecule has 0 radical (unpaired) electrons. The summed E-state index contributed by atoms with van der Waals surface area (Å²) in [6.07, 6.45) is 1.44. The van der Waals surface area contributed by atoms with Gasteiger partial charge in [0.25, 0.3) is 17.4 Å². The van der Waals surface area contributed by atoms with Crippen molar-refractivity contribution in [2.75, 3.05) is 14.2 Å². The van der Waals surface area contributed by atoms with Crippen LogP contribution in [0.15, 0.2) is 70.9 Å². The number of ether oxygens (including phenoxy) is 2. The summed E-state index contributed by atoms with van der Waals surface area (Å²) in [5.41, 5.74) is 0.350. The van der Waals surface area contributed by atoms with Crippen molar-refractivity contribution in [3.8, 4) is 11.5 Å². The molecule has 1 saturated heterocycles. The first-order chi connectivity index (χ1) is 16.3. The molecule has 1 aliphatic heterocycles. The van der Waals surface area contributed by atoms with Gasteiger partial charge in [-0.15, -0.1) is 0 Å². The number of benzene rings is 2. The molecule has 0 saturated carbocycles. The van der Waals surface area contributed by atoms with Gasteiger partial charge in [-0.1, -0.05) is 0 Å². The maximum absolute atomic E-state index is 13.1. The van der Waals surface area contributed by atoms with Crippen molar-refractivity contribution in [1.82, 2.24) is 4.90 Å². The first-order valence-electron chi connectivity index (χ1n) is 10.1. The van der Waals surface area contributed by atoms with Gasteiger partial charge in [0.1, 0.15) is 11.5 Å². The van der Waals surface area contributed by atoms with E-state index >= 15 is 0 Å². The van der Waals surface area contributed by atoms with Gasteiger partial charge in [0.05, 0.1) is 43.6 Å². The van der Waals surface area contributed by atoms with Gasteiger partial charge in [-0.2, -0.15) is 0 Å². The highest BCUT2D eigenvalue weighted by atomic mass is 16.6. The molecule has 2 aromatic carbocycles. The van der Waals surface area contributed by atoms with Crippen LogP contribution in [-0.4, -0.2) is 40.8 Å². The number of furan rings is 1. The molecule has 0 bridgehead atoms. The Morgan fingerprint density at radius 1 is 1.09 bits per heavy atom. The number of hydrogen-bond donors (Lipinski definition) is 1. The molecule has 34 heavy (non-hydrogen) atoms. The van der Waals surface area contributed by atoms with Crippen molar-refractivity contribution in [1.29, 1.82) is 0 Å². The smallest absolute Gasteiger partial charge is 0.296 e. The van der Waals surface area contributed by atoms with Crippen LogP contribution in [0.25, 0.3) is 5.76 Å². The third-order valence-corrected chi connectivity index (χ3v) is 5.52. The molecule has 0 aliphatic carbocycles. The van der Waals surface area contributed by atoms with E-state index in [1.807, 2.05) is 0 Å². The standard InChI is InChI=1S/C24H20N2O8/c1-32-18-10-7-15(12-19(18)33-2)22(27)20-21(14-5-8-16(9-6-14)26(30)31)25(24(29)23(20)28)13-17-4-3-11-34-17/h3-12,21,27H,13H2,1-2H3/t21-/m0/s1. The average molecular weight is 464 g/mol. The molecule has 1 atom stereocenters. The molecule has 10 heteroatoms. The fourth-order valence-corrected chi connectivity index (χ4v) is 3.88. The number of nitro groups is 1. The Balaban J connectivity index is 1.87. The largest absolute Gasteiger partial charge is 0.507 e. The zero-order valence-corrected chi connectivity index (χ0v) is 18.3. The van der Waals surface area contributed by atoms with Gasteiger partial charge in [-0.25, -0.2) is 0 Å². The Morgan fingerprint density at radius 2 is 1.79 bits per heavy atom. The minimum atomic E-state index is -1.00. The number of nitrogens with zero attached hydrogens (tertiary/aromatic N) is 2. The van der Waals surface area contributed by atoms with Crippen LogP contribution in [0.3, 0.4) is 0 Å². The Morgan fingerprint density at radius 3 is 2.38 bits per heavy atom. The molecule has 2 heterocycles. The number of methoxy groups -OCH3 is 2. The summed E-state index contributed by atoms with van der Waals surface area (Å²) in [5, 5.41) is 22.2. The number of ketones is 1. The van der Waals surface area contributed by atoms with Crippen molar-refractivity contribution in [3.63, 3.8) is 0 Å². The number of Topliss-reactive ketones (excluding diaryl/α,β-unsaturated/α-hetero) is 1. The minimum Gasteiger partial charge on any atom is -0.507 e. The number of hydrogen-bond acceptors (Lipinski definition) is 8. The summed E-state index contributed by atoms with van der Waals surface area (Å²) in [7, 11) is 2.90. The highest BCUT2D eigenvalue weighted by Gasteiger charge is 2.46. The van der Waals surface area contributed by atoms with Crippen LogP contribution < -0.4 is 9.47 Å². The second kappa shape index (κ2) is 9.10. The number of carbonyl (C=O) groups is 2. The zero-order chi connectivity index (χ0) is 24.4. The molecule has 1 aliphatic rings. The van der Waals surface area contributed by atoms with E-state index < -0.39 is 28.4 Å². The van der Waals surface area contributed by atoms with Gasteiger partial charge in [-0.05, 0) is 48.0 Å². The number of aliphatic hydroxyl groups is 1. The monoisotopic (exact) mass is 464 g/mol. The fraction of sp³-hybridized carbons (Fsp3) is 0.167. The lowest BCUT2D eigenvalue weighted by Gasteiger charge is -2.24. The van der Waals surface area contributed by atoms with E-state index in [0.717, 1.165) is 0 Å². The van der Waals surface area contributed by atoms with Crippen molar-refractivity contribution >= 4 is 23.1 Å². The number of nitro benzene ring substituents is 1. The van der Waals surface area contributed by atoms with E-state index in [1.54, 1.807) is 18.2 Å². The zero-order valence-electron chi connectivity index (χ0n) is 18.3. The molecule has 1 fully saturated rings. The molecular formula is C24H20N2O8. The normalized spacial score (nSPS) is 17.1. The first-order valence-corrected chi connectivity index (χ1v) is 10.1. The molecule has 1 amide bonds. The van der Waals surface area contributed by atoms with Crippen LogP contribution in [-0.2, 0) is 16.1 Å². The lowest BCUT2D eigenvalue weighted by molar-refractivity contribution is -0.384.